The van der Waals surface area contributed by atoms with E-state index in [0.717, 1.165) is 58.0 Å². The number of carboxylic acid groups (broad SMARTS) is 1. The van der Waals surface area contributed by atoms with Gasteiger partial charge >= 0.3 is 5.97 Å². The Balaban J connectivity index is 1.56. The molecule has 1 aliphatic rings. The average molecular weight is 589 g/mol. The Morgan fingerprint density at radius 1 is 1.12 bits per heavy atom. The second-order valence-corrected chi connectivity index (χ2v) is 13.0. The number of carbonyl (C=O) groups excluding carboxylic acids is 1. The molecule has 1 aliphatic carbocycles. The van der Waals surface area contributed by atoms with E-state index in [1.807, 2.05) is 19.1 Å². The van der Waals surface area contributed by atoms with E-state index < -0.39 is 21.9 Å². The molecule has 12 heteroatoms. The molecule has 3 aromatic rings. The fourth-order valence-electron chi connectivity index (χ4n) is 5.06. The standard InChI is InChI=1S/C28H36N4O6S2/c1-3-21-10-13-24-27(29-21)39-28(30-24)31-26(35)23(18-19-6-4-5-7-19)20-8-11-22(12-9-20)40(36,37)32(16-17-38-2)15-14-25(33)34/h8-13,19,23H,3-7,14-18H2,1-2H3,(H,33,34)(H,30,31,35)/t23-/m1/s1. The smallest absolute Gasteiger partial charge is 0.304 e. The number of nitrogens with one attached hydrogen (secondary N) is 1. The maximum absolute atomic E-state index is 13.6. The van der Waals surface area contributed by atoms with Crippen LogP contribution in [0, 0.1) is 5.92 Å². The van der Waals surface area contributed by atoms with Crippen molar-refractivity contribution in [2.24, 2.45) is 5.92 Å². The van der Waals surface area contributed by atoms with Crippen LogP contribution in [0.1, 0.15) is 62.6 Å². The molecule has 1 aromatic carbocycles. The van der Waals surface area contributed by atoms with Gasteiger partial charge in [-0.2, -0.15) is 4.31 Å². The number of anilines is 1. The van der Waals surface area contributed by atoms with Crippen molar-refractivity contribution in [3.63, 3.8) is 0 Å². The van der Waals surface area contributed by atoms with Crippen LogP contribution < -0.4 is 5.32 Å². The van der Waals surface area contributed by atoms with Crippen molar-refractivity contribution >= 4 is 48.7 Å². The lowest BCUT2D eigenvalue weighted by atomic mass is 9.87. The van der Waals surface area contributed by atoms with E-state index in [0.29, 0.717) is 17.5 Å². The van der Waals surface area contributed by atoms with Crippen LogP contribution in [0.5, 0.6) is 0 Å². The maximum Gasteiger partial charge on any atom is 0.304 e. The molecular formula is C28H36N4O6S2. The molecule has 40 heavy (non-hydrogen) atoms. The van der Waals surface area contributed by atoms with Crippen molar-refractivity contribution in [1.82, 2.24) is 14.3 Å². The summed E-state index contributed by atoms with van der Waals surface area (Å²) in [5.41, 5.74) is 2.43. The van der Waals surface area contributed by atoms with Crippen molar-refractivity contribution in [1.29, 1.82) is 0 Å². The number of rotatable bonds is 14. The monoisotopic (exact) mass is 588 g/mol. The van der Waals surface area contributed by atoms with E-state index in [9.17, 15) is 18.0 Å². The summed E-state index contributed by atoms with van der Waals surface area (Å²) in [6.45, 7) is 2.06. The van der Waals surface area contributed by atoms with Gasteiger partial charge in [0.2, 0.25) is 15.9 Å². The quantitative estimate of drug-likeness (QED) is 0.277. The summed E-state index contributed by atoms with van der Waals surface area (Å²) in [4.78, 5) is 34.6. The number of thiazole rings is 1. The van der Waals surface area contributed by atoms with E-state index >= 15 is 0 Å². The first-order valence-electron chi connectivity index (χ1n) is 13.6. The molecule has 0 bridgehead atoms. The SMILES string of the molecule is CCc1ccc2nc(NC(=O)[C@H](CC3CCCC3)c3ccc(S(=O)(=O)N(CCOC)CCC(=O)O)cc3)sc2n1. The van der Waals surface area contributed by atoms with Gasteiger partial charge in [-0.1, -0.05) is 56.1 Å². The number of hydrogen-bond donors (Lipinski definition) is 2. The Labute approximate surface area is 238 Å². The van der Waals surface area contributed by atoms with E-state index in [1.165, 1.54) is 30.6 Å². The number of methoxy groups -OCH3 is 1. The van der Waals surface area contributed by atoms with Gasteiger partial charge in [-0.15, -0.1) is 0 Å². The molecule has 0 aliphatic heterocycles. The van der Waals surface area contributed by atoms with Crippen LogP contribution in [-0.2, 0) is 30.8 Å². The largest absolute Gasteiger partial charge is 0.481 e. The Hall–Kier alpha value is -2.93. The fraction of sp³-hybridized carbons (Fsp3) is 0.500. The zero-order valence-electron chi connectivity index (χ0n) is 22.8. The van der Waals surface area contributed by atoms with Crippen molar-refractivity contribution in [2.75, 3.05) is 32.1 Å². The van der Waals surface area contributed by atoms with Crippen molar-refractivity contribution in [3.05, 3.63) is 47.7 Å². The number of aryl methyl sites for hydroxylation is 1. The van der Waals surface area contributed by atoms with Crippen molar-refractivity contribution in [3.8, 4) is 0 Å². The lowest BCUT2D eigenvalue weighted by molar-refractivity contribution is -0.137. The van der Waals surface area contributed by atoms with Crippen LogP contribution in [0.3, 0.4) is 0 Å². The lowest BCUT2D eigenvalue weighted by Gasteiger charge is -2.23. The van der Waals surface area contributed by atoms with Gasteiger partial charge in [0.1, 0.15) is 10.3 Å². The third-order valence-electron chi connectivity index (χ3n) is 7.31. The highest BCUT2D eigenvalue weighted by atomic mass is 32.2. The number of aliphatic carboxylic acids is 1. The van der Waals surface area contributed by atoms with Crippen LogP contribution >= 0.6 is 11.3 Å². The molecule has 10 nitrogen and oxygen atoms in total. The minimum atomic E-state index is -3.95. The zero-order chi connectivity index (χ0) is 28.7. The molecule has 2 N–H and O–H groups in total. The Bertz CT molecular complexity index is 1420. The molecular weight excluding hydrogens is 552 g/mol. The maximum atomic E-state index is 13.6. The van der Waals surface area contributed by atoms with Gasteiger partial charge in [0.25, 0.3) is 0 Å². The van der Waals surface area contributed by atoms with Crippen LogP contribution in [0.4, 0.5) is 5.13 Å². The first kappa shape index (κ1) is 30.0. The molecule has 4 rings (SSSR count). The summed E-state index contributed by atoms with van der Waals surface area (Å²) < 4.78 is 32.7. The molecule has 1 amide bonds. The summed E-state index contributed by atoms with van der Waals surface area (Å²) in [5, 5.41) is 12.5. The van der Waals surface area contributed by atoms with Crippen LogP contribution in [-0.4, -0.2) is 66.5 Å². The minimum absolute atomic E-state index is 0.0390. The number of hydrogen-bond acceptors (Lipinski definition) is 8. The minimum Gasteiger partial charge on any atom is -0.481 e. The second-order valence-electron chi connectivity index (χ2n) is 10.0. The molecule has 2 heterocycles. The number of aromatic nitrogens is 2. The third-order valence-corrected chi connectivity index (χ3v) is 10.1. The van der Waals surface area contributed by atoms with Gasteiger partial charge in [-0.05, 0) is 48.6 Å². The molecule has 216 valence electrons. The number of nitrogens with zero attached hydrogens (tertiary/aromatic N) is 3. The number of fused-ring (bicyclic) bond motifs is 1. The molecule has 0 unspecified atom stereocenters. The second kappa shape index (κ2) is 13.6. The number of carbonyl (C=O) groups is 2. The van der Waals surface area contributed by atoms with Gasteiger partial charge in [0.05, 0.1) is 23.8 Å². The fourth-order valence-corrected chi connectivity index (χ4v) is 7.34. The lowest BCUT2D eigenvalue weighted by Crippen LogP contribution is -2.35. The van der Waals surface area contributed by atoms with Gasteiger partial charge in [0, 0.05) is 25.9 Å². The highest BCUT2D eigenvalue weighted by Crippen LogP contribution is 2.36. The molecule has 0 saturated heterocycles. The van der Waals surface area contributed by atoms with Crippen molar-refractivity contribution in [2.45, 2.75) is 62.7 Å². The van der Waals surface area contributed by atoms with Crippen LogP contribution in [0.2, 0.25) is 0 Å². The van der Waals surface area contributed by atoms with E-state index in [4.69, 9.17) is 9.84 Å². The summed E-state index contributed by atoms with van der Waals surface area (Å²) >= 11 is 1.34. The highest BCUT2D eigenvalue weighted by molar-refractivity contribution is 7.89. The summed E-state index contributed by atoms with van der Waals surface area (Å²) in [7, 11) is -2.49. The molecule has 1 saturated carbocycles. The van der Waals surface area contributed by atoms with Crippen LogP contribution in [0.25, 0.3) is 10.3 Å². The Kier molecular flexibility index (Phi) is 10.2. The number of sulfonamides is 1. The topological polar surface area (TPSA) is 139 Å². The number of ether oxygens (including phenoxy) is 1. The molecule has 1 fully saturated rings. The van der Waals surface area contributed by atoms with Gasteiger partial charge in [0.15, 0.2) is 5.13 Å². The average Bonchev–Trinajstić information content (AvgIpc) is 3.60. The molecule has 2 aromatic heterocycles. The number of carboxylic acids is 1. The summed E-state index contributed by atoms with van der Waals surface area (Å²) in [5.74, 6) is -1.31. The Morgan fingerprint density at radius 2 is 1.85 bits per heavy atom. The predicted molar refractivity (Wildman–Crippen MR) is 154 cm³/mol. The highest BCUT2D eigenvalue weighted by Gasteiger charge is 2.29. The number of amides is 1. The molecule has 1 atom stereocenters. The van der Waals surface area contributed by atoms with Gasteiger partial charge in [-0.3, -0.25) is 9.59 Å². The van der Waals surface area contributed by atoms with E-state index in [-0.39, 0.29) is 36.9 Å². The van der Waals surface area contributed by atoms with Crippen LogP contribution in [0.15, 0.2) is 41.3 Å². The molecule has 0 spiro atoms. The molecule has 0 radical (unpaired) electrons. The van der Waals surface area contributed by atoms with Crippen molar-refractivity contribution < 1.29 is 27.9 Å². The predicted octanol–water partition coefficient (Wildman–Crippen LogP) is 4.67. The zero-order valence-corrected chi connectivity index (χ0v) is 24.5. The first-order chi connectivity index (χ1) is 19.2. The van der Waals surface area contributed by atoms with Gasteiger partial charge < -0.3 is 15.2 Å². The normalized spacial score (nSPS) is 15.1. The van der Waals surface area contributed by atoms with Gasteiger partial charge in [-0.25, -0.2) is 18.4 Å². The summed E-state index contributed by atoms with van der Waals surface area (Å²) in [6, 6.07) is 10.2. The summed E-state index contributed by atoms with van der Waals surface area (Å²) in [6.07, 6.45) is 5.60. The Morgan fingerprint density at radius 3 is 2.50 bits per heavy atom. The first-order valence-corrected chi connectivity index (χ1v) is 15.8. The number of benzene rings is 1. The van der Waals surface area contributed by atoms with E-state index in [2.05, 4.69) is 15.3 Å². The third kappa shape index (κ3) is 7.42. The van der Waals surface area contributed by atoms with E-state index in [1.54, 1.807) is 12.1 Å². The number of pyridine rings is 1.